The molecule has 0 aliphatic heterocycles. The van der Waals surface area contributed by atoms with Gasteiger partial charge < -0.3 is 10.1 Å². The van der Waals surface area contributed by atoms with Crippen LogP contribution in [-0.2, 0) is 11.2 Å². The lowest BCUT2D eigenvalue weighted by atomic mass is 10.1. The van der Waals surface area contributed by atoms with Crippen LogP contribution in [0, 0.1) is 0 Å². The van der Waals surface area contributed by atoms with E-state index in [4.69, 9.17) is 4.74 Å². The quantitative estimate of drug-likeness (QED) is 0.711. The van der Waals surface area contributed by atoms with Crippen LogP contribution in [0.5, 0.6) is 0 Å². The summed E-state index contributed by atoms with van der Waals surface area (Å²) in [6.07, 6.45) is 4.92. The normalized spacial score (nSPS) is 12.6. The van der Waals surface area contributed by atoms with Crippen molar-refractivity contribution in [2.24, 2.45) is 0 Å². The summed E-state index contributed by atoms with van der Waals surface area (Å²) in [5.41, 5.74) is 1.12. The zero-order chi connectivity index (χ0) is 13.2. The minimum absolute atomic E-state index is 0.445. The maximum absolute atomic E-state index is 5.55. The van der Waals surface area contributed by atoms with Gasteiger partial charge in [-0.05, 0) is 47.4 Å². The van der Waals surface area contributed by atoms with Crippen LogP contribution in [-0.4, -0.2) is 30.8 Å². The van der Waals surface area contributed by atoms with Gasteiger partial charge in [0.2, 0.25) is 0 Å². The second kappa shape index (κ2) is 9.48. The second-order valence-corrected chi connectivity index (χ2v) is 5.24. The minimum Gasteiger partial charge on any atom is -0.381 e. The zero-order valence-corrected chi connectivity index (χ0v) is 12.9. The topological polar surface area (TPSA) is 34.1 Å². The number of ether oxygens (including phenoxy) is 1. The molecule has 1 atom stereocenters. The Kier molecular flexibility index (Phi) is 8.22. The van der Waals surface area contributed by atoms with E-state index in [0.717, 1.165) is 49.2 Å². The Morgan fingerprint density at radius 1 is 1.33 bits per heavy atom. The van der Waals surface area contributed by atoms with Gasteiger partial charge in [0, 0.05) is 42.0 Å². The van der Waals surface area contributed by atoms with E-state index < -0.39 is 0 Å². The minimum atomic E-state index is 0.445. The molecule has 1 aromatic heterocycles. The summed E-state index contributed by atoms with van der Waals surface area (Å²) in [5, 5.41) is 3.49. The fourth-order valence-corrected chi connectivity index (χ4v) is 2.05. The van der Waals surface area contributed by atoms with Gasteiger partial charge >= 0.3 is 0 Å². The average molecular weight is 315 g/mol. The molecule has 4 heteroatoms. The highest BCUT2D eigenvalue weighted by molar-refractivity contribution is 9.10. The Balaban J connectivity index is 2.38. The van der Waals surface area contributed by atoms with E-state index in [1.807, 2.05) is 12.3 Å². The Labute approximate surface area is 118 Å². The van der Waals surface area contributed by atoms with Crippen molar-refractivity contribution in [3.05, 3.63) is 28.5 Å². The first kappa shape index (κ1) is 15.6. The largest absolute Gasteiger partial charge is 0.381 e. The second-order valence-electron chi connectivity index (χ2n) is 4.33. The maximum atomic E-state index is 5.55. The molecule has 1 N–H and O–H groups in total. The van der Waals surface area contributed by atoms with Gasteiger partial charge in [-0.25, -0.2) is 0 Å². The number of aromatic nitrogens is 1. The van der Waals surface area contributed by atoms with Crippen LogP contribution in [0.1, 0.15) is 32.4 Å². The van der Waals surface area contributed by atoms with Crippen LogP contribution in [0.2, 0.25) is 0 Å². The average Bonchev–Trinajstić information content (AvgIpc) is 2.37. The molecule has 0 spiro atoms. The number of halogens is 1. The monoisotopic (exact) mass is 314 g/mol. The first-order valence-corrected chi connectivity index (χ1v) is 7.47. The third-order valence-corrected chi connectivity index (χ3v) is 3.17. The summed E-state index contributed by atoms with van der Waals surface area (Å²) in [4.78, 5) is 4.42. The standard InChI is InChI=1S/C14H23BrN2O/c1-3-8-18-9-7-14(16-4-2)10-13-6-5-12(15)11-17-13/h5-6,11,14,16H,3-4,7-10H2,1-2H3. The first-order valence-electron chi connectivity index (χ1n) is 6.67. The van der Waals surface area contributed by atoms with Crippen molar-refractivity contribution in [2.75, 3.05) is 19.8 Å². The van der Waals surface area contributed by atoms with E-state index in [-0.39, 0.29) is 0 Å². The molecule has 0 saturated heterocycles. The summed E-state index contributed by atoms with van der Waals surface area (Å²) in [6.45, 7) is 6.93. The van der Waals surface area contributed by atoms with Gasteiger partial charge in [-0.2, -0.15) is 0 Å². The molecule has 1 aromatic rings. The molecule has 0 aliphatic rings. The number of hydrogen-bond donors (Lipinski definition) is 1. The van der Waals surface area contributed by atoms with Gasteiger partial charge in [0.15, 0.2) is 0 Å². The van der Waals surface area contributed by atoms with E-state index >= 15 is 0 Å². The van der Waals surface area contributed by atoms with Gasteiger partial charge in [0.1, 0.15) is 0 Å². The van der Waals surface area contributed by atoms with Crippen LogP contribution in [0.4, 0.5) is 0 Å². The molecular formula is C14H23BrN2O. The molecule has 1 rings (SSSR count). The molecule has 0 aliphatic carbocycles. The highest BCUT2D eigenvalue weighted by Crippen LogP contribution is 2.10. The number of hydrogen-bond acceptors (Lipinski definition) is 3. The maximum Gasteiger partial charge on any atom is 0.0480 e. The van der Waals surface area contributed by atoms with E-state index in [1.165, 1.54) is 0 Å². The number of nitrogens with zero attached hydrogens (tertiary/aromatic N) is 1. The number of pyridine rings is 1. The molecule has 0 radical (unpaired) electrons. The number of nitrogens with one attached hydrogen (secondary N) is 1. The number of rotatable bonds is 9. The molecule has 0 fully saturated rings. The molecule has 0 saturated carbocycles. The van der Waals surface area contributed by atoms with Crippen molar-refractivity contribution in [3.63, 3.8) is 0 Å². The predicted octanol–water partition coefficient (Wildman–Crippen LogP) is 3.18. The van der Waals surface area contributed by atoms with Crippen molar-refractivity contribution in [1.29, 1.82) is 0 Å². The van der Waals surface area contributed by atoms with Gasteiger partial charge in [-0.3, -0.25) is 4.98 Å². The smallest absolute Gasteiger partial charge is 0.0480 e. The van der Waals surface area contributed by atoms with Crippen molar-refractivity contribution in [3.8, 4) is 0 Å². The number of likely N-dealkylation sites (N-methyl/N-ethyl adjacent to an activating group) is 1. The third-order valence-electron chi connectivity index (χ3n) is 2.70. The third kappa shape index (κ3) is 6.47. The van der Waals surface area contributed by atoms with Crippen molar-refractivity contribution in [1.82, 2.24) is 10.3 Å². The van der Waals surface area contributed by atoms with Gasteiger partial charge in [-0.15, -0.1) is 0 Å². The van der Waals surface area contributed by atoms with E-state index in [1.54, 1.807) is 0 Å². The fourth-order valence-electron chi connectivity index (χ4n) is 1.82. The summed E-state index contributed by atoms with van der Waals surface area (Å²) >= 11 is 3.40. The highest BCUT2D eigenvalue weighted by atomic mass is 79.9. The molecule has 0 bridgehead atoms. The van der Waals surface area contributed by atoms with Gasteiger partial charge in [-0.1, -0.05) is 13.8 Å². The Hall–Kier alpha value is -0.450. The lowest BCUT2D eigenvalue weighted by molar-refractivity contribution is 0.124. The molecule has 0 amide bonds. The Bertz CT molecular complexity index is 316. The Morgan fingerprint density at radius 3 is 2.78 bits per heavy atom. The lowest BCUT2D eigenvalue weighted by Crippen LogP contribution is -2.32. The fraction of sp³-hybridized carbons (Fsp3) is 0.643. The van der Waals surface area contributed by atoms with Gasteiger partial charge in [0.05, 0.1) is 0 Å². The van der Waals surface area contributed by atoms with Crippen LogP contribution in [0.25, 0.3) is 0 Å². The highest BCUT2D eigenvalue weighted by Gasteiger charge is 2.09. The van der Waals surface area contributed by atoms with Crippen LogP contribution in [0.15, 0.2) is 22.8 Å². The van der Waals surface area contributed by atoms with E-state index in [0.29, 0.717) is 6.04 Å². The Morgan fingerprint density at radius 2 is 2.17 bits per heavy atom. The molecule has 1 heterocycles. The summed E-state index contributed by atoms with van der Waals surface area (Å²) < 4.78 is 6.57. The van der Waals surface area contributed by atoms with E-state index in [9.17, 15) is 0 Å². The van der Waals surface area contributed by atoms with Crippen molar-refractivity contribution in [2.45, 2.75) is 39.2 Å². The van der Waals surface area contributed by atoms with Crippen molar-refractivity contribution < 1.29 is 4.74 Å². The van der Waals surface area contributed by atoms with Crippen molar-refractivity contribution >= 4 is 15.9 Å². The van der Waals surface area contributed by atoms with Crippen LogP contribution in [0.3, 0.4) is 0 Å². The van der Waals surface area contributed by atoms with Crippen LogP contribution >= 0.6 is 15.9 Å². The first-order chi connectivity index (χ1) is 8.76. The predicted molar refractivity (Wildman–Crippen MR) is 78.8 cm³/mol. The van der Waals surface area contributed by atoms with Gasteiger partial charge in [0.25, 0.3) is 0 Å². The zero-order valence-electron chi connectivity index (χ0n) is 11.3. The summed E-state index contributed by atoms with van der Waals surface area (Å²) in [5.74, 6) is 0. The SMILES string of the molecule is CCCOCCC(Cc1ccc(Br)cn1)NCC. The lowest BCUT2D eigenvalue weighted by Gasteiger charge is -2.17. The molecule has 3 nitrogen and oxygen atoms in total. The molecule has 102 valence electrons. The molecule has 18 heavy (non-hydrogen) atoms. The molecule has 0 aromatic carbocycles. The van der Waals surface area contributed by atoms with E-state index in [2.05, 4.69) is 46.1 Å². The summed E-state index contributed by atoms with van der Waals surface area (Å²) in [6, 6.07) is 4.56. The summed E-state index contributed by atoms with van der Waals surface area (Å²) in [7, 11) is 0. The molecule has 1 unspecified atom stereocenters. The molecular weight excluding hydrogens is 292 g/mol. The van der Waals surface area contributed by atoms with Crippen LogP contribution < -0.4 is 5.32 Å².